The lowest BCUT2D eigenvalue weighted by atomic mass is 10.7. The highest BCUT2D eigenvalue weighted by Gasteiger charge is 2.15. The van der Waals surface area contributed by atoms with E-state index in [4.69, 9.17) is 11.6 Å². The first-order valence-electron chi connectivity index (χ1n) is 3.96. The summed E-state index contributed by atoms with van der Waals surface area (Å²) in [7, 11) is -1.61. The highest BCUT2D eigenvalue weighted by atomic mass is 35.5. The Hall–Kier alpha value is -0.140. The summed E-state index contributed by atoms with van der Waals surface area (Å²) in [4.78, 5) is 0. The van der Waals surface area contributed by atoms with Gasteiger partial charge in [-0.2, -0.15) is 0 Å². The fourth-order valence-corrected chi connectivity index (χ4v) is 3.38. The molecule has 0 unspecified atom stereocenters. The molecule has 0 aliphatic rings. The van der Waals surface area contributed by atoms with E-state index in [1.165, 1.54) is 6.07 Å². The summed E-state index contributed by atoms with van der Waals surface area (Å²) in [6.45, 7) is 0.965. The smallest absolute Gasteiger partial charge is 0.250 e. The first-order chi connectivity index (χ1) is 6.56. The summed E-state index contributed by atoms with van der Waals surface area (Å²) in [5, 5.41) is 2.85. The molecule has 0 aliphatic heterocycles. The summed E-state index contributed by atoms with van der Waals surface area (Å²) in [6, 6.07) is 3.06. The number of rotatable bonds is 5. The lowest BCUT2D eigenvalue weighted by Gasteiger charge is -2.03. The third-order valence-electron chi connectivity index (χ3n) is 1.48. The summed E-state index contributed by atoms with van der Waals surface area (Å²) in [5.41, 5.74) is 0. The van der Waals surface area contributed by atoms with Crippen molar-refractivity contribution in [3.05, 3.63) is 16.5 Å². The molecule has 1 heterocycles. The molecule has 4 nitrogen and oxygen atoms in total. The molecule has 1 aromatic rings. The van der Waals surface area contributed by atoms with E-state index < -0.39 is 10.0 Å². The summed E-state index contributed by atoms with van der Waals surface area (Å²) >= 11 is 6.69. The van der Waals surface area contributed by atoms with Gasteiger partial charge in [0.1, 0.15) is 4.21 Å². The first-order valence-corrected chi connectivity index (χ1v) is 6.63. The van der Waals surface area contributed by atoms with Crippen LogP contribution in [0.1, 0.15) is 0 Å². The van der Waals surface area contributed by atoms with Gasteiger partial charge in [-0.3, -0.25) is 0 Å². The molecule has 0 fully saturated rings. The normalized spacial score (nSPS) is 11.9. The van der Waals surface area contributed by atoms with Crippen LogP contribution in [-0.4, -0.2) is 28.6 Å². The quantitative estimate of drug-likeness (QED) is 0.768. The van der Waals surface area contributed by atoms with E-state index in [-0.39, 0.29) is 4.21 Å². The number of thiophene rings is 1. The zero-order valence-electron chi connectivity index (χ0n) is 7.58. The van der Waals surface area contributed by atoms with Gasteiger partial charge in [-0.15, -0.1) is 11.3 Å². The van der Waals surface area contributed by atoms with Gasteiger partial charge >= 0.3 is 0 Å². The molecule has 0 radical (unpaired) electrons. The Morgan fingerprint density at radius 3 is 2.64 bits per heavy atom. The van der Waals surface area contributed by atoms with Crippen molar-refractivity contribution in [2.24, 2.45) is 0 Å². The molecule has 80 valence electrons. The van der Waals surface area contributed by atoms with E-state index in [2.05, 4.69) is 10.0 Å². The SMILES string of the molecule is CNCCNS(=O)(=O)c1ccc(Cl)s1. The van der Waals surface area contributed by atoms with Gasteiger partial charge in [0.05, 0.1) is 4.34 Å². The van der Waals surface area contributed by atoms with Crippen LogP contribution in [0, 0.1) is 0 Å². The lowest BCUT2D eigenvalue weighted by molar-refractivity contribution is 0.581. The summed E-state index contributed by atoms with van der Waals surface area (Å²) in [6.07, 6.45) is 0. The van der Waals surface area contributed by atoms with Gasteiger partial charge in [-0.05, 0) is 19.2 Å². The maximum absolute atomic E-state index is 11.5. The fourth-order valence-electron chi connectivity index (χ4n) is 0.824. The average molecular weight is 255 g/mol. The number of nitrogens with one attached hydrogen (secondary N) is 2. The van der Waals surface area contributed by atoms with Crippen LogP contribution in [0.25, 0.3) is 0 Å². The number of sulfonamides is 1. The number of likely N-dealkylation sites (N-methyl/N-ethyl adjacent to an activating group) is 1. The molecule has 0 atom stereocenters. The molecule has 0 aromatic carbocycles. The molecular weight excluding hydrogens is 244 g/mol. The Morgan fingerprint density at radius 1 is 1.43 bits per heavy atom. The van der Waals surface area contributed by atoms with Crippen molar-refractivity contribution in [2.75, 3.05) is 20.1 Å². The zero-order chi connectivity index (χ0) is 10.6. The largest absolute Gasteiger partial charge is 0.318 e. The highest BCUT2D eigenvalue weighted by molar-refractivity contribution is 7.91. The van der Waals surface area contributed by atoms with Crippen molar-refractivity contribution in [3.63, 3.8) is 0 Å². The van der Waals surface area contributed by atoms with Gasteiger partial charge in [-0.1, -0.05) is 11.6 Å². The Morgan fingerprint density at radius 2 is 2.14 bits per heavy atom. The molecule has 0 amide bonds. The molecule has 0 saturated carbocycles. The topological polar surface area (TPSA) is 58.2 Å². The summed E-state index contributed by atoms with van der Waals surface area (Å²) in [5.74, 6) is 0. The van der Waals surface area contributed by atoms with Crippen molar-refractivity contribution in [1.82, 2.24) is 10.0 Å². The number of halogens is 1. The van der Waals surface area contributed by atoms with Crippen molar-refractivity contribution in [3.8, 4) is 0 Å². The molecule has 14 heavy (non-hydrogen) atoms. The van der Waals surface area contributed by atoms with Gasteiger partial charge in [0.25, 0.3) is 0 Å². The van der Waals surface area contributed by atoms with E-state index in [1.54, 1.807) is 13.1 Å². The lowest BCUT2D eigenvalue weighted by Crippen LogP contribution is -2.29. The Labute approximate surface area is 92.3 Å². The zero-order valence-corrected chi connectivity index (χ0v) is 9.97. The average Bonchev–Trinajstić information content (AvgIpc) is 2.53. The van der Waals surface area contributed by atoms with Crippen LogP contribution in [-0.2, 0) is 10.0 Å². The second-order valence-electron chi connectivity index (χ2n) is 2.56. The van der Waals surface area contributed by atoms with E-state index in [9.17, 15) is 8.42 Å². The van der Waals surface area contributed by atoms with Crippen LogP contribution in [0.2, 0.25) is 4.34 Å². The second-order valence-corrected chi connectivity index (χ2v) is 6.27. The number of hydrogen-bond acceptors (Lipinski definition) is 4. The van der Waals surface area contributed by atoms with Crippen molar-refractivity contribution >= 4 is 33.0 Å². The Bertz CT molecular complexity index is 388. The molecule has 2 N–H and O–H groups in total. The van der Waals surface area contributed by atoms with Crippen molar-refractivity contribution in [2.45, 2.75) is 4.21 Å². The van der Waals surface area contributed by atoms with Gasteiger partial charge in [0, 0.05) is 13.1 Å². The third kappa shape index (κ3) is 3.21. The van der Waals surface area contributed by atoms with Crippen LogP contribution in [0.3, 0.4) is 0 Å². The summed E-state index contributed by atoms with van der Waals surface area (Å²) < 4.78 is 26.2. The molecular formula is C7H11ClN2O2S2. The van der Waals surface area contributed by atoms with E-state index in [0.29, 0.717) is 17.4 Å². The van der Waals surface area contributed by atoms with Gasteiger partial charge in [0.2, 0.25) is 10.0 Å². The predicted molar refractivity (Wildman–Crippen MR) is 58.4 cm³/mol. The van der Waals surface area contributed by atoms with Crippen molar-refractivity contribution < 1.29 is 8.42 Å². The maximum Gasteiger partial charge on any atom is 0.250 e. The third-order valence-corrected chi connectivity index (χ3v) is 4.66. The standard InChI is InChI=1S/C7H11ClN2O2S2/c1-9-4-5-10-14(11,12)7-3-2-6(8)13-7/h2-3,9-10H,4-5H2,1H3. The molecule has 0 saturated heterocycles. The molecule has 0 bridgehead atoms. The molecule has 0 spiro atoms. The van der Waals surface area contributed by atoms with Gasteiger partial charge < -0.3 is 5.32 Å². The Balaban J connectivity index is 2.66. The van der Waals surface area contributed by atoms with Gasteiger partial charge in [0.15, 0.2) is 0 Å². The van der Waals surface area contributed by atoms with Crippen molar-refractivity contribution in [1.29, 1.82) is 0 Å². The molecule has 1 aromatic heterocycles. The fraction of sp³-hybridized carbons (Fsp3) is 0.429. The molecule has 1 rings (SSSR count). The van der Waals surface area contributed by atoms with Gasteiger partial charge in [-0.25, -0.2) is 13.1 Å². The van der Waals surface area contributed by atoms with E-state index >= 15 is 0 Å². The maximum atomic E-state index is 11.5. The van der Waals surface area contributed by atoms with Crippen LogP contribution in [0.4, 0.5) is 0 Å². The minimum absolute atomic E-state index is 0.249. The van der Waals surface area contributed by atoms with Crippen LogP contribution >= 0.6 is 22.9 Å². The molecule has 7 heteroatoms. The highest BCUT2D eigenvalue weighted by Crippen LogP contribution is 2.24. The number of hydrogen-bond donors (Lipinski definition) is 2. The van der Waals surface area contributed by atoms with Crippen LogP contribution in [0.5, 0.6) is 0 Å². The second kappa shape index (κ2) is 5.09. The minimum Gasteiger partial charge on any atom is -0.318 e. The first kappa shape index (κ1) is 11.9. The monoisotopic (exact) mass is 254 g/mol. The predicted octanol–water partition coefficient (Wildman–Crippen LogP) is 0.899. The van der Waals surface area contributed by atoms with Crippen LogP contribution in [0.15, 0.2) is 16.3 Å². The Kier molecular flexibility index (Phi) is 4.33. The van der Waals surface area contributed by atoms with E-state index in [1.807, 2.05) is 0 Å². The van der Waals surface area contributed by atoms with Crippen LogP contribution < -0.4 is 10.0 Å². The minimum atomic E-state index is -3.37. The van der Waals surface area contributed by atoms with E-state index in [0.717, 1.165) is 11.3 Å². The molecule has 0 aliphatic carbocycles.